The molecule has 0 saturated carbocycles. The molecule has 1 aromatic heterocycles. The summed E-state index contributed by atoms with van der Waals surface area (Å²) in [4.78, 5) is 39.3. The van der Waals surface area contributed by atoms with Crippen LogP contribution in [0.3, 0.4) is 0 Å². The van der Waals surface area contributed by atoms with Gasteiger partial charge < -0.3 is 20.7 Å². The van der Waals surface area contributed by atoms with E-state index in [0.29, 0.717) is 23.6 Å². The van der Waals surface area contributed by atoms with Crippen LogP contribution in [-0.4, -0.2) is 44.9 Å². The Kier molecular flexibility index (Phi) is 7.20. The molecular formula is C23H21ClN4O6S2. The van der Waals surface area contributed by atoms with Gasteiger partial charge in [-0.3, -0.25) is 14.3 Å². The molecule has 2 aromatic carbocycles. The molecule has 0 aliphatic carbocycles. The molecule has 0 atom stereocenters. The van der Waals surface area contributed by atoms with E-state index in [9.17, 15) is 22.8 Å². The number of methoxy groups -OCH3 is 1. The molecule has 36 heavy (non-hydrogen) atoms. The molecule has 0 spiro atoms. The minimum absolute atomic E-state index is 0.0121. The van der Waals surface area contributed by atoms with Gasteiger partial charge in [-0.1, -0.05) is 17.7 Å². The number of thiophene rings is 1. The molecule has 3 amide bonds. The Morgan fingerprint density at radius 3 is 2.53 bits per heavy atom. The van der Waals surface area contributed by atoms with E-state index in [1.807, 2.05) is 0 Å². The predicted molar refractivity (Wildman–Crippen MR) is 136 cm³/mol. The maximum atomic E-state index is 13.0. The number of rotatable bonds is 6. The maximum absolute atomic E-state index is 13.0. The number of ether oxygens (including phenoxy) is 1. The minimum atomic E-state index is -3.91. The lowest BCUT2D eigenvalue weighted by Crippen LogP contribution is -2.35. The van der Waals surface area contributed by atoms with Crippen LogP contribution in [0.2, 0.25) is 5.02 Å². The van der Waals surface area contributed by atoms with Crippen molar-refractivity contribution in [2.75, 3.05) is 23.7 Å². The predicted octanol–water partition coefficient (Wildman–Crippen LogP) is 3.68. The van der Waals surface area contributed by atoms with Gasteiger partial charge in [0.15, 0.2) is 0 Å². The first kappa shape index (κ1) is 25.5. The Labute approximate surface area is 216 Å². The molecule has 0 bridgehead atoms. The average Bonchev–Trinajstić information content (AvgIpc) is 3.20. The molecule has 10 nitrogen and oxygen atoms in total. The van der Waals surface area contributed by atoms with Crippen LogP contribution in [0.15, 0.2) is 53.4 Å². The number of carbonyl (C=O) groups excluding carboxylic acids is 3. The zero-order valence-electron chi connectivity index (χ0n) is 18.9. The van der Waals surface area contributed by atoms with Gasteiger partial charge in [0, 0.05) is 27.7 Å². The highest BCUT2D eigenvalue weighted by atomic mass is 35.5. The summed E-state index contributed by atoms with van der Waals surface area (Å²) in [5.41, 5.74) is 6.82. The van der Waals surface area contributed by atoms with Gasteiger partial charge in [0.1, 0.15) is 5.00 Å². The van der Waals surface area contributed by atoms with Crippen molar-refractivity contribution < 1.29 is 27.5 Å². The van der Waals surface area contributed by atoms with E-state index in [1.54, 1.807) is 0 Å². The molecule has 1 aliphatic rings. The van der Waals surface area contributed by atoms with Crippen LogP contribution < -0.4 is 15.8 Å². The molecule has 0 unspecified atom stereocenters. The Hall–Kier alpha value is -3.61. The fraction of sp³-hybridized carbons (Fsp3) is 0.174. The molecule has 2 heterocycles. The van der Waals surface area contributed by atoms with Crippen molar-refractivity contribution in [2.24, 2.45) is 5.73 Å². The number of carbonyl (C=O) groups is 3. The van der Waals surface area contributed by atoms with Crippen molar-refractivity contribution in [1.29, 1.82) is 0 Å². The standard InChI is InChI=1S/C23H21ClN4O6S2/c1-34-23(31)28-10-9-17-18(12-28)35-22(19(17)20(25)29)26-21(30)13-3-2-4-15(11-13)27-36(32,33)16-7-5-14(24)6-8-16/h2-8,11,27H,9-10,12H2,1H3,(H2,25,29)(H,26,30). The molecule has 188 valence electrons. The topological polar surface area (TPSA) is 148 Å². The monoisotopic (exact) mass is 548 g/mol. The van der Waals surface area contributed by atoms with Crippen LogP contribution in [0.5, 0.6) is 0 Å². The number of amides is 3. The molecule has 0 radical (unpaired) electrons. The molecule has 4 N–H and O–H groups in total. The lowest BCUT2D eigenvalue weighted by atomic mass is 10.0. The third-order valence-corrected chi connectivity index (χ3v) is 8.25. The van der Waals surface area contributed by atoms with Gasteiger partial charge in [0.05, 0.1) is 24.1 Å². The second kappa shape index (κ2) is 10.2. The van der Waals surface area contributed by atoms with E-state index >= 15 is 0 Å². The van der Waals surface area contributed by atoms with E-state index < -0.39 is 27.9 Å². The van der Waals surface area contributed by atoms with Gasteiger partial charge in [-0.25, -0.2) is 13.2 Å². The fourth-order valence-electron chi connectivity index (χ4n) is 3.76. The molecule has 0 fully saturated rings. The number of halogens is 1. The molecule has 13 heteroatoms. The number of benzene rings is 2. The van der Waals surface area contributed by atoms with Gasteiger partial charge in [-0.2, -0.15) is 0 Å². The van der Waals surface area contributed by atoms with Crippen LogP contribution in [0.25, 0.3) is 0 Å². The Balaban J connectivity index is 1.56. The third kappa shape index (κ3) is 5.30. The number of hydrogen-bond donors (Lipinski definition) is 3. The first-order valence-electron chi connectivity index (χ1n) is 10.6. The summed E-state index contributed by atoms with van der Waals surface area (Å²) in [6.07, 6.45) is -0.102. The highest BCUT2D eigenvalue weighted by Gasteiger charge is 2.30. The van der Waals surface area contributed by atoms with Crippen molar-refractivity contribution in [3.05, 3.63) is 75.1 Å². The lowest BCUT2D eigenvalue weighted by molar-refractivity contribution is 0.0999. The second-order valence-corrected chi connectivity index (χ2v) is 11.0. The van der Waals surface area contributed by atoms with Gasteiger partial charge in [0.2, 0.25) is 0 Å². The minimum Gasteiger partial charge on any atom is -0.453 e. The summed E-state index contributed by atoms with van der Waals surface area (Å²) < 4.78 is 32.5. The number of hydrogen-bond acceptors (Lipinski definition) is 7. The summed E-state index contributed by atoms with van der Waals surface area (Å²) in [6, 6.07) is 11.6. The Morgan fingerprint density at radius 1 is 1.14 bits per heavy atom. The summed E-state index contributed by atoms with van der Waals surface area (Å²) in [5, 5.41) is 3.36. The number of sulfonamides is 1. The van der Waals surface area contributed by atoms with Crippen LogP contribution >= 0.6 is 22.9 Å². The molecule has 3 aromatic rings. The van der Waals surface area contributed by atoms with E-state index in [-0.39, 0.29) is 33.3 Å². The smallest absolute Gasteiger partial charge is 0.409 e. The number of nitrogens with zero attached hydrogens (tertiary/aromatic N) is 1. The van der Waals surface area contributed by atoms with Gasteiger partial charge in [0.25, 0.3) is 21.8 Å². The molecule has 1 aliphatic heterocycles. The van der Waals surface area contributed by atoms with Crippen molar-refractivity contribution in [3.8, 4) is 0 Å². The normalized spacial score (nSPS) is 13.0. The zero-order chi connectivity index (χ0) is 26.0. The van der Waals surface area contributed by atoms with Crippen molar-refractivity contribution in [1.82, 2.24) is 4.90 Å². The Morgan fingerprint density at radius 2 is 1.86 bits per heavy atom. The molecule has 0 saturated heterocycles. The number of nitrogens with one attached hydrogen (secondary N) is 2. The highest BCUT2D eigenvalue weighted by Crippen LogP contribution is 2.37. The number of primary amides is 1. The van der Waals surface area contributed by atoms with Crippen LogP contribution in [0.4, 0.5) is 15.5 Å². The summed E-state index contributed by atoms with van der Waals surface area (Å²) in [5.74, 6) is -1.26. The van der Waals surface area contributed by atoms with Gasteiger partial charge in [-0.05, 0) is 54.4 Å². The lowest BCUT2D eigenvalue weighted by Gasteiger charge is -2.25. The highest BCUT2D eigenvalue weighted by molar-refractivity contribution is 7.92. The summed E-state index contributed by atoms with van der Waals surface area (Å²) in [7, 11) is -2.62. The van der Waals surface area contributed by atoms with E-state index in [0.717, 1.165) is 16.2 Å². The third-order valence-electron chi connectivity index (χ3n) is 5.46. The number of nitrogens with two attached hydrogens (primary N) is 1. The first-order valence-corrected chi connectivity index (χ1v) is 13.2. The SMILES string of the molecule is COC(=O)N1CCc2c(sc(NC(=O)c3cccc(NS(=O)(=O)c4ccc(Cl)cc4)c3)c2C(N)=O)C1. The molecule has 4 rings (SSSR count). The van der Waals surface area contributed by atoms with E-state index in [1.165, 1.54) is 60.5 Å². The second-order valence-electron chi connectivity index (χ2n) is 7.81. The first-order chi connectivity index (χ1) is 17.1. The zero-order valence-corrected chi connectivity index (χ0v) is 21.3. The fourth-order valence-corrected chi connectivity index (χ4v) is 6.20. The van der Waals surface area contributed by atoms with Crippen molar-refractivity contribution in [3.63, 3.8) is 0 Å². The number of anilines is 2. The summed E-state index contributed by atoms with van der Waals surface area (Å²) in [6.45, 7) is 0.574. The Bertz CT molecular complexity index is 1450. The van der Waals surface area contributed by atoms with Crippen molar-refractivity contribution in [2.45, 2.75) is 17.9 Å². The maximum Gasteiger partial charge on any atom is 0.409 e. The van der Waals surface area contributed by atoms with Crippen molar-refractivity contribution >= 4 is 61.6 Å². The largest absolute Gasteiger partial charge is 0.453 e. The quantitative estimate of drug-likeness (QED) is 0.428. The van der Waals surface area contributed by atoms with Crippen LogP contribution in [0, 0.1) is 0 Å². The molecular weight excluding hydrogens is 528 g/mol. The van der Waals surface area contributed by atoms with Gasteiger partial charge >= 0.3 is 6.09 Å². The van der Waals surface area contributed by atoms with Crippen LogP contribution in [0.1, 0.15) is 31.2 Å². The van der Waals surface area contributed by atoms with Gasteiger partial charge in [-0.15, -0.1) is 11.3 Å². The van der Waals surface area contributed by atoms with E-state index in [4.69, 9.17) is 22.1 Å². The summed E-state index contributed by atoms with van der Waals surface area (Å²) >= 11 is 6.98. The van der Waals surface area contributed by atoms with E-state index in [2.05, 4.69) is 10.0 Å². The number of fused-ring (bicyclic) bond motifs is 1. The van der Waals surface area contributed by atoms with Crippen LogP contribution in [-0.2, 0) is 27.7 Å². The average molecular weight is 549 g/mol.